The number of hydrogen-bond acceptors (Lipinski definition) is 5. The number of fused-ring (bicyclic) bond motifs is 1. The predicted octanol–water partition coefficient (Wildman–Crippen LogP) is 2.65. The highest BCUT2D eigenvalue weighted by molar-refractivity contribution is 6.07. The van der Waals surface area contributed by atoms with Crippen molar-refractivity contribution >= 4 is 17.7 Å². The van der Waals surface area contributed by atoms with E-state index in [0.29, 0.717) is 11.3 Å². The van der Waals surface area contributed by atoms with Crippen molar-refractivity contribution in [2.45, 2.75) is 51.0 Å². The first-order valence-corrected chi connectivity index (χ1v) is 12.1. The van der Waals surface area contributed by atoms with Crippen LogP contribution in [-0.2, 0) is 24.4 Å². The molecule has 1 saturated carbocycles. The molecular formula is C27H28FN5O4. The van der Waals surface area contributed by atoms with Crippen LogP contribution in [0, 0.1) is 5.82 Å². The molecule has 1 atom stereocenters. The third-order valence-electron chi connectivity index (χ3n) is 6.86. The molecule has 3 amide bonds. The van der Waals surface area contributed by atoms with Crippen molar-refractivity contribution in [1.82, 2.24) is 25.1 Å². The summed E-state index contributed by atoms with van der Waals surface area (Å²) in [7, 11) is 1.57. The lowest BCUT2D eigenvalue weighted by Gasteiger charge is -2.44. The second-order valence-electron chi connectivity index (χ2n) is 9.56. The summed E-state index contributed by atoms with van der Waals surface area (Å²) in [4.78, 5) is 46.0. The smallest absolute Gasteiger partial charge is 0.274 e. The lowest BCUT2D eigenvalue weighted by molar-refractivity contribution is -0.133. The van der Waals surface area contributed by atoms with Crippen LogP contribution < -0.4 is 15.4 Å². The molecule has 1 fully saturated rings. The average Bonchev–Trinajstić information content (AvgIpc) is 3.63. The summed E-state index contributed by atoms with van der Waals surface area (Å²) in [6, 6.07) is 13.2. The minimum atomic E-state index is -1.16. The molecule has 1 aliphatic carbocycles. The number of hydrogen-bond donors (Lipinski definition) is 2. The number of para-hydroxylation sites is 1. The zero-order valence-electron chi connectivity index (χ0n) is 20.7. The van der Waals surface area contributed by atoms with Crippen molar-refractivity contribution in [3.63, 3.8) is 0 Å². The number of carbonyl (C=O) groups excluding carboxylic acids is 3. The number of halogens is 1. The molecule has 2 heterocycles. The molecule has 2 N–H and O–H groups in total. The van der Waals surface area contributed by atoms with Gasteiger partial charge in [0.25, 0.3) is 11.8 Å². The highest BCUT2D eigenvalue weighted by Gasteiger charge is 2.53. The van der Waals surface area contributed by atoms with E-state index < -0.39 is 23.2 Å². The zero-order valence-corrected chi connectivity index (χ0v) is 20.7. The van der Waals surface area contributed by atoms with Gasteiger partial charge < -0.3 is 24.8 Å². The molecule has 5 rings (SSSR count). The third kappa shape index (κ3) is 4.66. The van der Waals surface area contributed by atoms with Crippen LogP contribution in [0.4, 0.5) is 4.39 Å². The molecule has 0 saturated heterocycles. The number of carbonyl (C=O) groups is 3. The van der Waals surface area contributed by atoms with Crippen molar-refractivity contribution in [2.75, 3.05) is 7.11 Å². The van der Waals surface area contributed by atoms with E-state index in [1.807, 2.05) is 24.3 Å². The molecule has 37 heavy (non-hydrogen) atoms. The maximum absolute atomic E-state index is 13.7. The van der Waals surface area contributed by atoms with Crippen molar-refractivity contribution in [3.8, 4) is 5.75 Å². The van der Waals surface area contributed by atoms with Gasteiger partial charge in [-0.15, -0.1) is 0 Å². The fourth-order valence-corrected chi connectivity index (χ4v) is 4.85. The number of aromatic nitrogens is 2. The second kappa shape index (κ2) is 9.68. The quantitative estimate of drug-likeness (QED) is 0.490. The molecule has 192 valence electrons. The van der Waals surface area contributed by atoms with Gasteiger partial charge in [-0.2, -0.15) is 0 Å². The Labute approximate surface area is 213 Å². The number of nitrogens with zero attached hydrogens (tertiary/aromatic N) is 3. The monoisotopic (exact) mass is 505 g/mol. The van der Waals surface area contributed by atoms with Crippen LogP contribution in [0.1, 0.15) is 51.9 Å². The fraction of sp³-hybridized carbons (Fsp3) is 0.333. The maximum atomic E-state index is 13.7. The van der Waals surface area contributed by atoms with Gasteiger partial charge in [0.05, 0.1) is 20.0 Å². The van der Waals surface area contributed by atoms with E-state index in [4.69, 9.17) is 4.74 Å². The maximum Gasteiger partial charge on any atom is 0.274 e. The van der Waals surface area contributed by atoms with Crippen molar-refractivity contribution in [2.24, 2.45) is 0 Å². The molecule has 9 nitrogen and oxygen atoms in total. The van der Waals surface area contributed by atoms with Crippen molar-refractivity contribution < 1.29 is 23.5 Å². The van der Waals surface area contributed by atoms with Crippen LogP contribution in [0.2, 0.25) is 0 Å². The van der Waals surface area contributed by atoms with Crippen LogP contribution in [-0.4, -0.2) is 50.9 Å². The Balaban J connectivity index is 1.36. The molecule has 1 aromatic heterocycles. The molecule has 10 heteroatoms. The van der Waals surface area contributed by atoms with Crippen LogP contribution in [0.5, 0.6) is 5.75 Å². The van der Waals surface area contributed by atoms with Gasteiger partial charge in [0.15, 0.2) is 5.69 Å². The molecule has 0 spiro atoms. The third-order valence-corrected chi connectivity index (χ3v) is 6.86. The molecule has 2 aromatic carbocycles. The number of imidazole rings is 1. The molecule has 3 aromatic rings. The normalized spacial score (nSPS) is 18.8. The Hall–Kier alpha value is -4.21. The van der Waals surface area contributed by atoms with Crippen LogP contribution in [0.3, 0.4) is 0 Å². The van der Waals surface area contributed by atoms with E-state index in [2.05, 4.69) is 15.6 Å². The minimum absolute atomic E-state index is 0.0106. The second-order valence-corrected chi connectivity index (χ2v) is 9.56. The summed E-state index contributed by atoms with van der Waals surface area (Å²) >= 11 is 0. The minimum Gasteiger partial charge on any atom is -0.496 e. The topological polar surface area (TPSA) is 106 Å². The average molecular weight is 506 g/mol. The number of rotatable bonds is 8. The molecular weight excluding hydrogens is 477 g/mol. The van der Waals surface area contributed by atoms with Gasteiger partial charge in [0.1, 0.15) is 22.8 Å². The van der Waals surface area contributed by atoms with E-state index in [1.165, 1.54) is 18.5 Å². The van der Waals surface area contributed by atoms with Crippen LogP contribution in [0.15, 0.2) is 54.9 Å². The number of methoxy groups -OCH3 is 1. The number of nitrogens with one attached hydrogen (secondary N) is 2. The van der Waals surface area contributed by atoms with Gasteiger partial charge in [-0.05, 0) is 43.5 Å². The Bertz CT molecular complexity index is 1370. The van der Waals surface area contributed by atoms with Gasteiger partial charge in [-0.3, -0.25) is 14.4 Å². The highest BCUT2D eigenvalue weighted by Crippen LogP contribution is 2.39. The van der Waals surface area contributed by atoms with Crippen LogP contribution >= 0.6 is 0 Å². The molecule has 0 bridgehead atoms. The standard InChI is InChI=1S/C27H28FN5O4/c1-27(26(36)30-14-18-7-3-4-9-21(18)37-2)15-32-16-31-22(23(32)25(35)33(27)20-10-11-20)24(34)29-13-17-6-5-8-19(28)12-17/h3-9,12,16,20H,10-11,13-15H2,1-2H3,(H,29,34)(H,30,36)/t27-/m0/s1. The first kappa shape index (κ1) is 24.5. The van der Waals surface area contributed by atoms with Gasteiger partial charge in [0, 0.05) is 24.7 Å². The van der Waals surface area contributed by atoms with E-state index >= 15 is 0 Å². The molecule has 2 aliphatic rings. The van der Waals surface area contributed by atoms with Crippen molar-refractivity contribution in [1.29, 1.82) is 0 Å². The Kier molecular flexibility index (Phi) is 6.41. The highest BCUT2D eigenvalue weighted by atomic mass is 19.1. The summed E-state index contributed by atoms with van der Waals surface area (Å²) in [5, 5.41) is 5.67. The summed E-state index contributed by atoms with van der Waals surface area (Å²) in [6.07, 6.45) is 2.99. The molecule has 0 unspecified atom stereocenters. The first-order valence-electron chi connectivity index (χ1n) is 12.1. The van der Waals surface area contributed by atoms with Crippen LogP contribution in [0.25, 0.3) is 0 Å². The largest absolute Gasteiger partial charge is 0.496 e. The van der Waals surface area contributed by atoms with Crippen molar-refractivity contribution in [3.05, 3.63) is 83.2 Å². The Morgan fingerprint density at radius 1 is 1.14 bits per heavy atom. The SMILES string of the molecule is COc1ccccc1CNC(=O)[C@]1(C)Cn2cnc(C(=O)NCc3cccc(F)c3)c2C(=O)N1C1CC1. The van der Waals surface area contributed by atoms with Gasteiger partial charge >= 0.3 is 0 Å². The fourth-order valence-electron chi connectivity index (χ4n) is 4.85. The van der Waals surface area contributed by atoms with E-state index in [9.17, 15) is 18.8 Å². The lowest BCUT2D eigenvalue weighted by atomic mass is 9.93. The molecule has 0 radical (unpaired) electrons. The number of amides is 3. The lowest BCUT2D eigenvalue weighted by Crippen LogP contribution is -2.64. The number of benzene rings is 2. The van der Waals surface area contributed by atoms with E-state index in [0.717, 1.165) is 18.4 Å². The van der Waals surface area contributed by atoms with Gasteiger partial charge in [-0.25, -0.2) is 9.37 Å². The summed E-state index contributed by atoms with van der Waals surface area (Å²) in [6.45, 7) is 2.24. The first-order chi connectivity index (χ1) is 17.8. The van der Waals surface area contributed by atoms with Gasteiger partial charge in [-0.1, -0.05) is 30.3 Å². The summed E-state index contributed by atoms with van der Waals surface area (Å²) in [5.74, 6) is -0.972. The summed E-state index contributed by atoms with van der Waals surface area (Å²) in [5.41, 5.74) is 0.389. The number of ether oxygens (including phenoxy) is 1. The zero-order chi connectivity index (χ0) is 26.2. The Morgan fingerprint density at radius 3 is 2.65 bits per heavy atom. The molecule has 1 aliphatic heterocycles. The van der Waals surface area contributed by atoms with E-state index in [-0.39, 0.29) is 43.0 Å². The predicted molar refractivity (Wildman–Crippen MR) is 132 cm³/mol. The summed E-state index contributed by atoms with van der Waals surface area (Å²) < 4.78 is 20.4. The Morgan fingerprint density at radius 2 is 1.92 bits per heavy atom. The van der Waals surface area contributed by atoms with Gasteiger partial charge in [0.2, 0.25) is 5.91 Å². The van der Waals surface area contributed by atoms with E-state index in [1.54, 1.807) is 35.6 Å².